The third-order valence-corrected chi connectivity index (χ3v) is 5.01. The molecule has 0 unspecified atom stereocenters. The van der Waals surface area contributed by atoms with E-state index in [2.05, 4.69) is 5.32 Å². The number of carbonyl (C=O) groups is 1. The SMILES string of the molecule is Cc1cccc(OCCNC(=O)CN(c2cc(C)cc(C)c2)S(C)(=O)=O)c1. The Balaban J connectivity index is 1.94. The quantitative estimate of drug-likeness (QED) is 0.703. The van der Waals surface area contributed by atoms with Crippen LogP contribution in [0.5, 0.6) is 5.75 Å². The number of hydrogen-bond donors (Lipinski definition) is 1. The summed E-state index contributed by atoms with van der Waals surface area (Å²) < 4.78 is 31.0. The van der Waals surface area contributed by atoms with Crippen LogP contribution in [0.3, 0.4) is 0 Å². The van der Waals surface area contributed by atoms with Gasteiger partial charge in [0.15, 0.2) is 0 Å². The first kappa shape index (κ1) is 20.8. The summed E-state index contributed by atoms with van der Waals surface area (Å²) in [5, 5.41) is 2.70. The van der Waals surface area contributed by atoms with Crippen LogP contribution in [0.2, 0.25) is 0 Å². The number of sulfonamides is 1. The lowest BCUT2D eigenvalue weighted by atomic mass is 10.1. The van der Waals surface area contributed by atoms with Gasteiger partial charge in [0, 0.05) is 0 Å². The van der Waals surface area contributed by atoms with Gasteiger partial charge in [0.2, 0.25) is 15.9 Å². The first-order chi connectivity index (χ1) is 12.6. The predicted molar refractivity (Wildman–Crippen MR) is 108 cm³/mol. The van der Waals surface area contributed by atoms with E-state index in [1.165, 1.54) is 0 Å². The van der Waals surface area contributed by atoms with Gasteiger partial charge >= 0.3 is 0 Å². The zero-order valence-corrected chi connectivity index (χ0v) is 17.0. The summed E-state index contributed by atoms with van der Waals surface area (Å²) in [4.78, 5) is 12.2. The van der Waals surface area contributed by atoms with Gasteiger partial charge in [-0.2, -0.15) is 0 Å². The third kappa shape index (κ3) is 6.60. The molecule has 2 aromatic rings. The third-order valence-electron chi connectivity index (χ3n) is 3.86. The molecule has 0 saturated carbocycles. The van der Waals surface area contributed by atoms with E-state index in [0.717, 1.165) is 33.0 Å². The Morgan fingerprint density at radius 1 is 1.04 bits per heavy atom. The number of benzene rings is 2. The summed E-state index contributed by atoms with van der Waals surface area (Å²) in [5.74, 6) is 0.352. The highest BCUT2D eigenvalue weighted by atomic mass is 32.2. The van der Waals surface area contributed by atoms with Crippen molar-refractivity contribution in [2.75, 3.05) is 30.3 Å². The monoisotopic (exact) mass is 390 g/mol. The second kappa shape index (κ2) is 8.90. The maximum atomic E-state index is 12.2. The molecule has 0 heterocycles. The average Bonchev–Trinajstić information content (AvgIpc) is 2.55. The van der Waals surface area contributed by atoms with Crippen molar-refractivity contribution in [3.8, 4) is 5.75 Å². The molecule has 27 heavy (non-hydrogen) atoms. The van der Waals surface area contributed by atoms with Crippen LogP contribution >= 0.6 is 0 Å². The molecule has 1 N–H and O–H groups in total. The van der Waals surface area contributed by atoms with Gasteiger partial charge in [0.25, 0.3) is 0 Å². The lowest BCUT2D eigenvalue weighted by Gasteiger charge is -2.22. The molecule has 6 nitrogen and oxygen atoms in total. The van der Waals surface area contributed by atoms with Crippen LogP contribution in [0.4, 0.5) is 5.69 Å². The van der Waals surface area contributed by atoms with Crippen molar-refractivity contribution in [1.82, 2.24) is 5.32 Å². The van der Waals surface area contributed by atoms with Crippen LogP contribution in [0.1, 0.15) is 16.7 Å². The van der Waals surface area contributed by atoms with Crippen LogP contribution in [-0.2, 0) is 14.8 Å². The molecule has 0 radical (unpaired) electrons. The van der Waals surface area contributed by atoms with Gasteiger partial charge in [-0.05, 0) is 61.7 Å². The van der Waals surface area contributed by atoms with Gasteiger partial charge in [0.05, 0.1) is 18.5 Å². The molecule has 0 fully saturated rings. The Morgan fingerprint density at radius 3 is 2.30 bits per heavy atom. The zero-order chi connectivity index (χ0) is 20.0. The Labute approximate surface area is 161 Å². The average molecular weight is 391 g/mol. The van der Waals surface area contributed by atoms with Crippen LogP contribution < -0.4 is 14.4 Å². The smallest absolute Gasteiger partial charge is 0.240 e. The van der Waals surface area contributed by atoms with Crippen molar-refractivity contribution in [2.45, 2.75) is 20.8 Å². The van der Waals surface area contributed by atoms with Crippen molar-refractivity contribution in [3.63, 3.8) is 0 Å². The van der Waals surface area contributed by atoms with E-state index in [1.807, 2.05) is 51.1 Å². The molecule has 0 aromatic heterocycles. The zero-order valence-electron chi connectivity index (χ0n) is 16.2. The summed E-state index contributed by atoms with van der Waals surface area (Å²) in [6, 6.07) is 13.1. The largest absolute Gasteiger partial charge is 0.492 e. The lowest BCUT2D eigenvalue weighted by molar-refractivity contribution is -0.119. The number of anilines is 1. The number of rotatable bonds is 8. The minimum atomic E-state index is -3.58. The van der Waals surface area contributed by atoms with Crippen LogP contribution in [-0.4, -0.2) is 40.3 Å². The molecular formula is C20H26N2O4S. The van der Waals surface area contributed by atoms with Crippen molar-refractivity contribution >= 4 is 21.6 Å². The first-order valence-electron chi connectivity index (χ1n) is 8.67. The topological polar surface area (TPSA) is 75.7 Å². The van der Waals surface area contributed by atoms with Crippen molar-refractivity contribution < 1.29 is 17.9 Å². The Morgan fingerprint density at radius 2 is 1.70 bits per heavy atom. The van der Waals surface area contributed by atoms with E-state index in [0.29, 0.717) is 12.3 Å². The van der Waals surface area contributed by atoms with E-state index in [-0.39, 0.29) is 19.0 Å². The van der Waals surface area contributed by atoms with Crippen LogP contribution in [0.25, 0.3) is 0 Å². The number of nitrogens with one attached hydrogen (secondary N) is 1. The van der Waals surface area contributed by atoms with Gasteiger partial charge in [-0.15, -0.1) is 0 Å². The molecule has 146 valence electrons. The van der Waals surface area contributed by atoms with Crippen LogP contribution in [0.15, 0.2) is 42.5 Å². The molecule has 2 rings (SSSR count). The fourth-order valence-electron chi connectivity index (χ4n) is 2.75. The molecule has 1 amide bonds. The molecule has 7 heteroatoms. The van der Waals surface area contributed by atoms with Crippen molar-refractivity contribution in [1.29, 1.82) is 0 Å². The van der Waals surface area contributed by atoms with E-state index >= 15 is 0 Å². The van der Waals surface area contributed by atoms with Crippen molar-refractivity contribution in [2.24, 2.45) is 0 Å². The highest BCUT2D eigenvalue weighted by Gasteiger charge is 2.21. The molecule has 0 aliphatic rings. The van der Waals surface area contributed by atoms with Crippen LogP contribution in [0, 0.1) is 20.8 Å². The number of amides is 1. The van der Waals surface area contributed by atoms with E-state index in [1.54, 1.807) is 12.1 Å². The first-order valence-corrected chi connectivity index (χ1v) is 10.5. The summed E-state index contributed by atoms with van der Waals surface area (Å²) in [6.45, 7) is 6.07. The standard InChI is InChI=1S/C20H26N2O4S/c1-15-6-5-7-19(13-15)26-9-8-21-20(23)14-22(27(4,24)25)18-11-16(2)10-17(3)12-18/h5-7,10-13H,8-9,14H2,1-4H3,(H,21,23). The summed E-state index contributed by atoms with van der Waals surface area (Å²) >= 11 is 0. The molecule has 0 spiro atoms. The molecular weight excluding hydrogens is 364 g/mol. The molecule has 0 bridgehead atoms. The fourth-order valence-corrected chi connectivity index (χ4v) is 3.59. The highest BCUT2D eigenvalue weighted by molar-refractivity contribution is 7.92. The van der Waals surface area contributed by atoms with E-state index in [4.69, 9.17) is 4.74 Å². The van der Waals surface area contributed by atoms with Crippen molar-refractivity contribution in [3.05, 3.63) is 59.2 Å². The lowest BCUT2D eigenvalue weighted by Crippen LogP contribution is -2.41. The normalized spacial score (nSPS) is 11.1. The summed E-state index contributed by atoms with van der Waals surface area (Å²) in [6.07, 6.45) is 1.10. The number of ether oxygens (including phenoxy) is 1. The van der Waals surface area contributed by atoms with E-state index < -0.39 is 10.0 Å². The maximum absolute atomic E-state index is 12.2. The Hall–Kier alpha value is -2.54. The summed E-state index contributed by atoms with van der Waals surface area (Å²) in [5.41, 5.74) is 3.45. The van der Waals surface area contributed by atoms with Gasteiger partial charge in [-0.3, -0.25) is 9.10 Å². The minimum absolute atomic E-state index is 0.272. The molecule has 0 aliphatic carbocycles. The molecule has 2 aromatic carbocycles. The van der Waals surface area contributed by atoms with Gasteiger partial charge in [-0.1, -0.05) is 18.2 Å². The minimum Gasteiger partial charge on any atom is -0.492 e. The Kier molecular flexibility index (Phi) is 6.85. The maximum Gasteiger partial charge on any atom is 0.240 e. The van der Waals surface area contributed by atoms with E-state index in [9.17, 15) is 13.2 Å². The number of aryl methyl sites for hydroxylation is 3. The number of carbonyl (C=O) groups excluding carboxylic acids is 1. The molecule has 0 saturated heterocycles. The van der Waals surface area contributed by atoms with Gasteiger partial charge in [-0.25, -0.2) is 8.42 Å². The number of nitrogens with zero attached hydrogens (tertiary/aromatic N) is 1. The predicted octanol–water partition coefficient (Wildman–Crippen LogP) is 2.57. The fraction of sp³-hybridized carbons (Fsp3) is 0.350. The molecule has 0 aliphatic heterocycles. The summed E-state index contributed by atoms with van der Waals surface area (Å²) in [7, 11) is -3.58. The second-order valence-electron chi connectivity index (χ2n) is 6.63. The highest BCUT2D eigenvalue weighted by Crippen LogP contribution is 2.21. The Bertz CT molecular complexity index is 890. The number of hydrogen-bond acceptors (Lipinski definition) is 4. The van der Waals surface area contributed by atoms with Gasteiger partial charge in [0.1, 0.15) is 18.9 Å². The second-order valence-corrected chi connectivity index (χ2v) is 8.54. The molecule has 0 atom stereocenters. The van der Waals surface area contributed by atoms with Gasteiger partial charge < -0.3 is 10.1 Å².